The van der Waals surface area contributed by atoms with Crippen molar-refractivity contribution in [1.82, 2.24) is 0 Å². The first kappa shape index (κ1) is 12.1. The van der Waals surface area contributed by atoms with E-state index in [1.54, 1.807) is 20.3 Å². The predicted molar refractivity (Wildman–Crippen MR) is 71.1 cm³/mol. The molecule has 1 aromatic heterocycles. The molecule has 1 aliphatic carbocycles. The SMILES string of the molecule is COc1cc(C=O)c2cc(CC3CC3)oc2c1OC. The molecule has 0 bridgehead atoms. The van der Waals surface area contributed by atoms with Gasteiger partial charge in [-0.15, -0.1) is 0 Å². The van der Waals surface area contributed by atoms with Gasteiger partial charge in [0.1, 0.15) is 5.76 Å². The van der Waals surface area contributed by atoms with Gasteiger partial charge in [-0.1, -0.05) is 0 Å². The molecule has 100 valence electrons. The Morgan fingerprint density at radius 2 is 2.11 bits per heavy atom. The van der Waals surface area contributed by atoms with Crippen LogP contribution in [-0.2, 0) is 6.42 Å². The molecule has 3 rings (SSSR count). The lowest BCUT2D eigenvalue weighted by Crippen LogP contribution is -1.93. The average Bonchev–Trinajstić information content (AvgIpc) is 3.14. The van der Waals surface area contributed by atoms with Crippen molar-refractivity contribution in [3.05, 3.63) is 23.5 Å². The monoisotopic (exact) mass is 260 g/mol. The highest BCUT2D eigenvalue weighted by Gasteiger charge is 2.25. The number of carbonyl (C=O) groups is 1. The summed E-state index contributed by atoms with van der Waals surface area (Å²) in [6.07, 6.45) is 4.27. The number of rotatable bonds is 5. The fourth-order valence-corrected chi connectivity index (χ4v) is 2.37. The van der Waals surface area contributed by atoms with Gasteiger partial charge in [-0.05, 0) is 30.9 Å². The maximum atomic E-state index is 11.2. The van der Waals surface area contributed by atoms with E-state index in [0.717, 1.165) is 29.8 Å². The molecular formula is C15H16O4. The number of fused-ring (bicyclic) bond motifs is 1. The summed E-state index contributed by atoms with van der Waals surface area (Å²) in [5.41, 5.74) is 1.16. The molecule has 2 aromatic rings. The number of methoxy groups -OCH3 is 2. The van der Waals surface area contributed by atoms with Crippen LogP contribution in [0.5, 0.6) is 11.5 Å². The highest BCUT2D eigenvalue weighted by molar-refractivity contribution is 6.00. The Bertz CT molecular complexity index is 623. The third-order valence-corrected chi connectivity index (χ3v) is 3.55. The van der Waals surface area contributed by atoms with Crippen LogP contribution in [0.4, 0.5) is 0 Å². The lowest BCUT2D eigenvalue weighted by atomic mass is 10.1. The van der Waals surface area contributed by atoms with E-state index in [-0.39, 0.29) is 0 Å². The summed E-state index contributed by atoms with van der Waals surface area (Å²) in [7, 11) is 3.12. The molecule has 0 spiro atoms. The molecule has 1 heterocycles. The molecule has 0 saturated heterocycles. The van der Waals surface area contributed by atoms with Crippen LogP contribution in [0.25, 0.3) is 11.0 Å². The van der Waals surface area contributed by atoms with Crippen LogP contribution < -0.4 is 9.47 Å². The fraction of sp³-hybridized carbons (Fsp3) is 0.400. The molecule has 19 heavy (non-hydrogen) atoms. The third-order valence-electron chi connectivity index (χ3n) is 3.55. The summed E-state index contributed by atoms with van der Waals surface area (Å²) in [6, 6.07) is 3.63. The van der Waals surface area contributed by atoms with Gasteiger partial charge in [-0.25, -0.2) is 0 Å². The van der Waals surface area contributed by atoms with Gasteiger partial charge in [0.2, 0.25) is 5.75 Å². The number of carbonyl (C=O) groups excluding carboxylic acids is 1. The molecule has 0 radical (unpaired) electrons. The molecule has 1 aliphatic rings. The van der Waals surface area contributed by atoms with Crippen LogP contribution in [0.15, 0.2) is 16.5 Å². The van der Waals surface area contributed by atoms with Gasteiger partial charge in [-0.2, -0.15) is 0 Å². The second-order valence-electron chi connectivity index (χ2n) is 4.92. The Morgan fingerprint density at radius 3 is 2.68 bits per heavy atom. The van der Waals surface area contributed by atoms with Crippen LogP contribution in [0.3, 0.4) is 0 Å². The van der Waals surface area contributed by atoms with Crippen LogP contribution >= 0.6 is 0 Å². The first-order valence-corrected chi connectivity index (χ1v) is 6.39. The molecule has 1 fully saturated rings. The minimum atomic E-state index is 0.518. The van der Waals surface area contributed by atoms with E-state index >= 15 is 0 Å². The summed E-state index contributed by atoms with van der Waals surface area (Å²) >= 11 is 0. The van der Waals surface area contributed by atoms with Crippen molar-refractivity contribution in [3.8, 4) is 11.5 Å². The maximum Gasteiger partial charge on any atom is 0.204 e. The van der Waals surface area contributed by atoms with E-state index in [1.165, 1.54) is 12.8 Å². The first-order chi connectivity index (χ1) is 9.26. The molecule has 0 atom stereocenters. The molecule has 1 saturated carbocycles. The quantitative estimate of drug-likeness (QED) is 0.774. The largest absolute Gasteiger partial charge is 0.493 e. The van der Waals surface area contributed by atoms with E-state index < -0.39 is 0 Å². The molecular weight excluding hydrogens is 244 g/mol. The van der Waals surface area contributed by atoms with E-state index in [4.69, 9.17) is 13.9 Å². The highest BCUT2D eigenvalue weighted by Crippen LogP contribution is 2.41. The number of hydrogen-bond donors (Lipinski definition) is 0. The van der Waals surface area contributed by atoms with Crippen LogP contribution in [0.1, 0.15) is 29.0 Å². The molecule has 4 heteroatoms. The molecule has 1 aromatic carbocycles. The van der Waals surface area contributed by atoms with Gasteiger partial charge < -0.3 is 13.9 Å². The summed E-state index contributed by atoms with van der Waals surface area (Å²) in [5, 5.41) is 0.795. The summed E-state index contributed by atoms with van der Waals surface area (Å²) < 4.78 is 16.5. The van der Waals surface area contributed by atoms with Gasteiger partial charge in [0.25, 0.3) is 0 Å². The normalized spacial score (nSPS) is 14.6. The first-order valence-electron chi connectivity index (χ1n) is 6.39. The smallest absolute Gasteiger partial charge is 0.204 e. The Kier molecular flexibility index (Phi) is 2.93. The molecule has 0 aliphatic heterocycles. The topological polar surface area (TPSA) is 48.7 Å². The van der Waals surface area contributed by atoms with Crippen molar-refractivity contribution in [2.45, 2.75) is 19.3 Å². The maximum absolute atomic E-state index is 11.2. The van der Waals surface area contributed by atoms with E-state index in [0.29, 0.717) is 22.6 Å². The highest BCUT2D eigenvalue weighted by atomic mass is 16.5. The Labute approximate surface area is 111 Å². The third kappa shape index (κ3) is 2.07. The second-order valence-corrected chi connectivity index (χ2v) is 4.92. The standard InChI is InChI=1S/C15H16O4/c1-17-13-6-10(8-16)12-7-11(5-9-3-4-9)19-14(12)15(13)18-2/h6-9H,3-5H2,1-2H3. The Morgan fingerprint density at radius 1 is 1.32 bits per heavy atom. The Balaban J connectivity index is 2.18. The molecule has 0 amide bonds. The van der Waals surface area contributed by atoms with Crippen LogP contribution in [0, 0.1) is 5.92 Å². The zero-order valence-electron chi connectivity index (χ0n) is 11.1. The van der Waals surface area contributed by atoms with Crippen molar-refractivity contribution in [2.75, 3.05) is 14.2 Å². The zero-order chi connectivity index (χ0) is 13.4. The zero-order valence-corrected chi connectivity index (χ0v) is 11.1. The van der Waals surface area contributed by atoms with Gasteiger partial charge >= 0.3 is 0 Å². The summed E-state index contributed by atoms with van der Waals surface area (Å²) in [6.45, 7) is 0. The second kappa shape index (κ2) is 4.61. The lowest BCUT2D eigenvalue weighted by Gasteiger charge is -2.08. The van der Waals surface area contributed by atoms with Crippen LogP contribution in [-0.4, -0.2) is 20.5 Å². The average molecular weight is 260 g/mol. The minimum Gasteiger partial charge on any atom is -0.493 e. The van der Waals surface area contributed by atoms with E-state index in [9.17, 15) is 4.79 Å². The van der Waals surface area contributed by atoms with Crippen LogP contribution in [0.2, 0.25) is 0 Å². The predicted octanol–water partition coefficient (Wildman–Crippen LogP) is 3.22. The number of furan rings is 1. The minimum absolute atomic E-state index is 0.518. The van der Waals surface area contributed by atoms with E-state index in [1.807, 2.05) is 6.07 Å². The van der Waals surface area contributed by atoms with E-state index in [2.05, 4.69) is 0 Å². The molecule has 4 nitrogen and oxygen atoms in total. The van der Waals surface area contributed by atoms with Gasteiger partial charge in [0, 0.05) is 17.4 Å². The molecule has 0 N–H and O–H groups in total. The van der Waals surface area contributed by atoms with Gasteiger partial charge in [0.15, 0.2) is 17.6 Å². The van der Waals surface area contributed by atoms with Gasteiger partial charge in [0.05, 0.1) is 14.2 Å². The fourth-order valence-electron chi connectivity index (χ4n) is 2.37. The Hall–Kier alpha value is -1.97. The number of ether oxygens (including phenoxy) is 2. The number of benzene rings is 1. The van der Waals surface area contributed by atoms with Crippen molar-refractivity contribution < 1.29 is 18.7 Å². The lowest BCUT2D eigenvalue weighted by molar-refractivity contribution is 0.112. The van der Waals surface area contributed by atoms with Crippen molar-refractivity contribution in [2.24, 2.45) is 5.92 Å². The molecule has 0 unspecified atom stereocenters. The number of hydrogen-bond acceptors (Lipinski definition) is 4. The van der Waals surface area contributed by atoms with Crippen molar-refractivity contribution >= 4 is 17.3 Å². The summed E-state index contributed by atoms with van der Waals surface area (Å²) in [4.78, 5) is 11.2. The van der Waals surface area contributed by atoms with Crippen molar-refractivity contribution in [3.63, 3.8) is 0 Å². The summed E-state index contributed by atoms with van der Waals surface area (Å²) in [5.74, 6) is 2.70. The van der Waals surface area contributed by atoms with Crippen molar-refractivity contribution in [1.29, 1.82) is 0 Å². The van der Waals surface area contributed by atoms with Gasteiger partial charge in [-0.3, -0.25) is 4.79 Å². The number of aldehydes is 1.